The summed E-state index contributed by atoms with van der Waals surface area (Å²) in [5.74, 6) is -0.00722. The Morgan fingerprint density at radius 1 is 1.10 bits per heavy atom. The third-order valence-electron chi connectivity index (χ3n) is 3.16. The average Bonchev–Trinajstić information content (AvgIpc) is 2.26. The lowest BCUT2D eigenvalue weighted by Gasteiger charge is -2.32. The monoisotopic (exact) mass is 309 g/mol. The van der Waals surface area contributed by atoms with E-state index in [0.29, 0.717) is 19.8 Å². The van der Waals surface area contributed by atoms with Gasteiger partial charge in [-0.15, -0.1) is 0 Å². The Balaban J connectivity index is 4.50. The van der Waals surface area contributed by atoms with E-state index >= 15 is 0 Å². The summed E-state index contributed by atoms with van der Waals surface area (Å²) in [6, 6.07) is 0. The molecule has 0 saturated heterocycles. The molecule has 0 heterocycles. The van der Waals surface area contributed by atoms with Crippen molar-refractivity contribution in [2.45, 2.75) is 59.5 Å². The average molecular weight is 309 g/mol. The van der Waals surface area contributed by atoms with Gasteiger partial charge in [-0.25, -0.2) is 13.6 Å². The van der Waals surface area contributed by atoms with Crippen molar-refractivity contribution >= 4 is 10.0 Å². The molecule has 0 atom stereocenters. The molecule has 2 N–H and O–H groups in total. The summed E-state index contributed by atoms with van der Waals surface area (Å²) in [6.07, 6.45) is 3.63. The maximum absolute atomic E-state index is 11.5. The number of rotatable bonds is 12. The molecular formula is C14H31NO4S. The van der Waals surface area contributed by atoms with Crippen LogP contribution in [0.15, 0.2) is 0 Å². The van der Waals surface area contributed by atoms with Gasteiger partial charge in [0, 0.05) is 5.41 Å². The topological polar surface area (TPSA) is 78.6 Å². The van der Waals surface area contributed by atoms with E-state index in [-0.39, 0.29) is 17.3 Å². The predicted molar refractivity (Wildman–Crippen MR) is 82.1 cm³/mol. The lowest BCUT2D eigenvalue weighted by Crippen LogP contribution is -2.38. The Hall–Kier alpha value is -0.170. The van der Waals surface area contributed by atoms with Gasteiger partial charge >= 0.3 is 0 Å². The van der Waals surface area contributed by atoms with Crippen LogP contribution in [0.5, 0.6) is 0 Å². The molecule has 0 aromatic carbocycles. The fourth-order valence-electron chi connectivity index (χ4n) is 2.57. The first kappa shape index (κ1) is 19.8. The summed E-state index contributed by atoms with van der Waals surface area (Å²) in [7, 11) is -3.49. The summed E-state index contributed by atoms with van der Waals surface area (Å²) >= 11 is 0. The van der Waals surface area contributed by atoms with Crippen LogP contribution in [0.4, 0.5) is 0 Å². The van der Waals surface area contributed by atoms with Gasteiger partial charge in [0.15, 0.2) is 0 Å². The fraction of sp³-hybridized carbons (Fsp3) is 1.00. The van der Waals surface area contributed by atoms with Crippen LogP contribution in [-0.2, 0) is 19.5 Å². The van der Waals surface area contributed by atoms with E-state index in [0.717, 1.165) is 25.7 Å². The molecule has 0 spiro atoms. The normalized spacial score (nSPS) is 13.1. The Bertz CT molecular complexity index is 335. The van der Waals surface area contributed by atoms with Crippen molar-refractivity contribution in [3.05, 3.63) is 0 Å². The van der Waals surface area contributed by atoms with Crippen LogP contribution in [0.1, 0.15) is 53.4 Å². The van der Waals surface area contributed by atoms with Gasteiger partial charge < -0.3 is 9.47 Å². The first-order chi connectivity index (χ1) is 9.24. The summed E-state index contributed by atoms with van der Waals surface area (Å²) in [4.78, 5) is 0. The molecule has 0 amide bonds. The number of ether oxygens (including phenoxy) is 2. The van der Waals surface area contributed by atoms with Crippen LogP contribution in [0.2, 0.25) is 0 Å². The molecule has 20 heavy (non-hydrogen) atoms. The highest BCUT2D eigenvalue weighted by molar-refractivity contribution is 7.89. The minimum atomic E-state index is -3.49. The minimum absolute atomic E-state index is 0.00722. The molecule has 0 fully saturated rings. The molecule has 0 aliphatic heterocycles. The van der Waals surface area contributed by atoms with Crippen molar-refractivity contribution in [2.24, 2.45) is 10.6 Å². The first-order valence-corrected chi connectivity index (χ1v) is 9.16. The van der Waals surface area contributed by atoms with Crippen molar-refractivity contribution in [1.82, 2.24) is 0 Å². The van der Waals surface area contributed by atoms with E-state index in [4.69, 9.17) is 14.6 Å². The van der Waals surface area contributed by atoms with Gasteiger partial charge in [-0.05, 0) is 26.7 Å². The Labute approximate surface area is 124 Å². The van der Waals surface area contributed by atoms with Gasteiger partial charge in [-0.2, -0.15) is 0 Å². The van der Waals surface area contributed by atoms with Gasteiger partial charge in [0.2, 0.25) is 10.0 Å². The lowest BCUT2D eigenvalue weighted by molar-refractivity contribution is -0.0106. The number of nitrogens with two attached hydrogens (primary N) is 1. The van der Waals surface area contributed by atoms with Crippen molar-refractivity contribution in [3.63, 3.8) is 0 Å². The van der Waals surface area contributed by atoms with Gasteiger partial charge in [0.05, 0.1) is 31.7 Å². The number of sulfonamides is 1. The molecule has 0 rings (SSSR count). The van der Waals surface area contributed by atoms with E-state index in [1.54, 1.807) is 0 Å². The largest absolute Gasteiger partial charge is 0.378 e. The molecular weight excluding hydrogens is 278 g/mol. The summed E-state index contributed by atoms with van der Waals surface area (Å²) < 4.78 is 34.0. The van der Waals surface area contributed by atoms with Crippen molar-refractivity contribution in [2.75, 3.05) is 25.6 Å². The molecule has 0 aliphatic carbocycles. The van der Waals surface area contributed by atoms with E-state index in [2.05, 4.69) is 13.8 Å². The highest BCUT2D eigenvalue weighted by atomic mass is 32.2. The van der Waals surface area contributed by atoms with Crippen LogP contribution in [0, 0.1) is 5.41 Å². The van der Waals surface area contributed by atoms with E-state index < -0.39 is 10.0 Å². The minimum Gasteiger partial charge on any atom is -0.378 e. The zero-order valence-corrected chi connectivity index (χ0v) is 14.2. The van der Waals surface area contributed by atoms with Crippen LogP contribution < -0.4 is 5.14 Å². The van der Waals surface area contributed by atoms with Gasteiger partial charge in [-0.3, -0.25) is 0 Å². The lowest BCUT2D eigenvalue weighted by atomic mass is 9.82. The van der Waals surface area contributed by atoms with Crippen molar-refractivity contribution in [3.8, 4) is 0 Å². The Morgan fingerprint density at radius 2 is 1.65 bits per heavy atom. The second kappa shape index (κ2) is 9.71. The first-order valence-electron chi connectivity index (χ1n) is 7.44. The second-order valence-electron chi connectivity index (χ2n) is 5.78. The SMILES string of the molecule is CCCC(CCC)(COCCOC(C)C)CS(N)(=O)=O. The van der Waals surface area contributed by atoms with Crippen LogP contribution in [0.25, 0.3) is 0 Å². The summed E-state index contributed by atoms with van der Waals surface area (Å²) in [5, 5.41) is 5.24. The molecule has 5 nitrogen and oxygen atoms in total. The molecule has 122 valence electrons. The number of primary sulfonamides is 1. The Kier molecular flexibility index (Phi) is 9.63. The zero-order valence-electron chi connectivity index (χ0n) is 13.4. The van der Waals surface area contributed by atoms with Crippen LogP contribution >= 0.6 is 0 Å². The van der Waals surface area contributed by atoms with Crippen molar-refractivity contribution < 1.29 is 17.9 Å². The van der Waals surface area contributed by atoms with E-state index in [1.165, 1.54) is 0 Å². The van der Waals surface area contributed by atoms with E-state index in [9.17, 15) is 8.42 Å². The fourth-order valence-corrected chi connectivity index (χ4v) is 3.80. The standard InChI is InChI=1S/C14H31NO4S/c1-5-7-14(8-6-2,12-20(15,16)17)11-18-9-10-19-13(3)4/h13H,5-12H2,1-4H3,(H2,15,16,17). The number of hydrogen-bond donors (Lipinski definition) is 1. The van der Waals surface area contributed by atoms with Crippen LogP contribution in [0.3, 0.4) is 0 Å². The molecule has 0 aromatic rings. The molecule has 0 bridgehead atoms. The maximum atomic E-state index is 11.5. The molecule has 6 heteroatoms. The van der Waals surface area contributed by atoms with Crippen LogP contribution in [-0.4, -0.2) is 40.1 Å². The molecule has 0 radical (unpaired) electrons. The smallest absolute Gasteiger partial charge is 0.209 e. The quantitative estimate of drug-likeness (QED) is 0.561. The van der Waals surface area contributed by atoms with Gasteiger partial charge in [0.1, 0.15) is 0 Å². The zero-order chi connectivity index (χ0) is 15.6. The Morgan fingerprint density at radius 3 is 2.05 bits per heavy atom. The number of hydrogen-bond acceptors (Lipinski definition) is 4. The molecule has 0 saturated carbocycles. The molecule has 0 aliphatic rings. The molecule has 0 aromatic heterocycles. The maximum Gasteiger partial charge on any atom is 0.209 e. The summed E-state index contributed by atoms with van der Waals surface area (Å²) in [5.41, 5.74) is -0.366. The van der Waals surface area contributed by atoms with Gasteiger partial charge in [-0.1, -0.05) is 26.7 Å². The van der Waals surface area contributed by atoms with E-state index in [1.807, 2.05) is 13.8 Å². The predicted octanol–water partition coefficient (Wildman–Crippen LogP) is 2.30. The third-order valence-corrected chi connectivity index (χ3v) is 4.17. The second-order valence-corrected chi connectivity index (χ2v) is 7.39. The highest BCUT2D eigenvalue weighted by Gasteiger charge is 2.33. The molecule has 0 unspecified atom stereocenters. The third kappa shape index (κ3) is 9.69. The summed E-state index contributed by atoms with van der Waals surface area (Å²) in [6.45, 7) is 9.48. The van der Waals surface area contributed by atoms with Gasteiger partial charge in [0.25, 0.3) is 0 Å². The highest BCUT2D eigenvalue weighted by Crippen LogP contribution is 2.31. The van der Waals surface area contributed by atoms with Crippen molar-refractivity contribution in [1.29, 1.82) is 0 Å².